The van der Waals surface area contributed by atoms with Gasteiger partial charge in [-0.25, -0.2) is 19.0 Å². The third kappa shape index (κ3) is 2.86. The fraction of sp³-hybridized carbons (Fsp3) is 0.111. The highest BCUT2D eigenvalue weighted by molar-refractivity contribution is 6.00. The molecule has 0 spiro atoms. The van der Waals surface area contributed by atoms with Gasteiger partial charge in [-0.05, 0) is 25.1 Å². The lowest BCUT2D eigenvalue weighted by molar-refractivity contribution is 0.0528. The quantitative estimate of drug-likeness (QED) is 0.526. The molecular weight excluding hydrogens is 364 g/mol. The molecule has 1 N–H and O–H groups in total. The molecule has 140 valence electrons. The molecule has 0 bridgehead atoms. The van der Waals surface area contributed by atoms with Crippen LogP contribution < -0.4 is 11.0 Å². The predicted molar refractivity (Wildman–Crippen MR) is 98.6 cm³/mol. The molecule has 0 unspecified atom stereocenters. The summed E-state index contributed by atoms with van der Waals surface area (Å²) in [6.07, 6.45) is 7.06. The number of hydrogen-bond acceptors (Lipinski definition) is 7. The monoisotopic (exact) mass is 378 g/mol. The number of amides is 1. The number of nitrogens with one attached hydrogen (secondary N) is 1. The molecule has 4 aromatic heterocycles. The van der Waals surface area contributed by atoms with Gasteiger partial charge in [-0.2, -0.15) is 5.10 Å². The number of ether oxygens (including phenoxy) is 1. The van der Waals surface area contributed by atoms with Gasteiger partial charge in [0.1, 0.15) is 5.56 Å². The highest BCUT2D eigenvalue weighted by Crippen LogP contribution is 2.15. The van der Waals surface area contributed by atoms with Gasteiger partial charge < -0.3 is 4.74 Å². The summed E-state index contributed by atoms with van der Waals surface area (Å²) in [5, 5.41) is 4.37. The number of carbonyl (C=O) groups is 2. The van der Waals surface area contributed by atoms with Crippen LogP contribution in [0.3, 0.4) is 0 Å². The summed E-state index contributed by atoms with van der Waals surface area (Å²) in [5.41, 5.74) is 3.32. The fourth-order valence-corrected chi connectivity index (χ4v) is 2.73. The summed E-state index contributed by atoms with van der Waals surface area (Å²) in [6.45, 7) is 1.93. The summed E-state index contributed by atoms with van der Waals surface area (Å²) in [7, 11) is 0. The average molecular weight is 378 g/mol. The van der Waals surface area contributed by atoms with Crippen LogP contribution >= 0.6 is 0 Å². The zero-order chi connectivity index (χ0) is 19.7. The molecule has 4 aromatic rings. The van der Waals surface area contributed by atoms with E-state index >= 15 is 0 Å². The molecule has 1 amide bonds. The van der Waals surface area contributed by atoms with Crippen molar-refractivity contribution >= 4 is 28.4 Å². The topological polar surface area (TPSA) is 120 Å². The molecule has 10 nitrogen and oxygen atoms in total. The number of rotatable bonds is 4. The second kappa shape index (κ2) is 6.91. The fourth-order valence-electron chi connectivity index (χ4n) is 2.73. The van der Waals surface area contributed by atoms with Gasteiger partial charge in [-0.15, -0.1) is 0 Å². The van der Waals surface area contributed by atoms with Crippen LogP contribution in [0.15, 0.2) is 54.0 Å². The van der Waals surface area contributed by atoms with E-state index in [0.717, 1.165) is 4.68 Å². The van der Waals surface area contributed by atoms with E-state index in [-0.39, 0.29) is 23.2 Å². The number of esters is 1. The molecule has 28 heavy (non-hydrogen) atoms. The number of pyridine rings is 2. The third-order valence-electron chi connectivity index (χ3n) is 4.05. The SMILES string of the molecule is CCOC(=O)c1cnn2c1ncc1c(=O)n(NC(=O)c3ccncc3)ccc12. The lowest BCUT2D eigenvalue weighted by atomic mass is 10.2. The lowest BCUT2D eigenvalue weighted by Gasteiger charge is -2.09. The van der Waals surface area contributed by atoms with Crippen LogP contribution in [0, 0.1) is 0 Å². The maximum atomic E-state index is 12.7. The van der Waals surface area contributed by atoms with E-state index in [1.807, 2.05) is 0 Å². The Kier molecular flexibility index (Phi) is 4.28. The molecule has 0 aromatic carbocycles. The number of aromatic nitrogens is 5. The molecule has 0 saturated heterocycles. The standard InChI is InChI=1S/C18H14N6O4/c1-2-28-18(27)13-10-21-24-14-5-8-23(17(26)12(14)9-20-15(13)24)22-16(25)11-3-6-19-7-4-11/h3-10H,2H2,1H3,(H,22,25). The average Bonchev–Trinajstić information content (AvgIpc) is 3.15. The van der Waals surface area contributed by atoms with E-state index in [9.17, 15) is 14.4 Å². The van der Waals surface area contributed by atoms with Crippen molar-refractivity contribution in [2.75, 3.05) is 12.0 Å². The molecule has 0 aliphatic rings. The smallest absolute Gasteiger partial charge is 0.343 e. The van der Waals surface area contributed by atoms with Crippen molar-refractivity contribution in [2.45, 2.75) is 6.92 Å². The van der Waals surface area contributed by atoms with Crippen molar-refractivity contribution in [2.24, 2.45) is 0 Å². The van der Waals surface area contributed by atoms with Crippen molar-refractivity contribution in [1.82, 2.24) is 24.3 Å². The first kappa shape index (κ1) is 17.3. The molecular formula is C18H14N6O4. The normalized spacial score (nSPS) is 10.9. The van der Waals surface area contributed by atoms with Gasteiger partial charge in [0.05, 0.1) is 23.7 Å². The largest absolute Gasteiger partial charge is 0.462 e. The second-order valence-electron chi connectivity index (χ2n) is 5.74. The first-order chi connectivity index (χ1) is 13.6. The van der Waals surface area contributed by atoms with Crippen molar-refractivity contribution < 1.29 is 14.3 Å². The van der Waals surface area contributed by atoms with E-state index in [0.29, 0.717) is 11.1 Å². The first-order valence-electron chi connectivity index (χ1n) is 8.36. The molecule has 0 radical (unpaired) electrons. The van der Waals surface area contributed by atoms with Gasteiger partial charge >= 0.3 is 5.97 Å². The summed E-state index contributed by atoms with van der Waals surface area (Å²) >= 11 is 0. The minimum absolute atomic E-state index is 0.207. The maximum Gasteiger partial charge on any atom is 0.343 e. The number of fused-ring (bicyclic) bond motifs is 3. The Balaban J connectivity index is 1.76. The minimum atomic E-state index is -0.540. The Morgan fingerprint density at radius 1 is 1.18 bits per heavy atom. The van der Waals surface area contributed by atoms with Crippen molar-refractivity contribution in [3.05, 3.63) is 70.7 Å². The molecule has 4 heterocycles. The Morgan fingerprint density at radius 2 is 1.96 bits per heavy atom. The zero-order valence-corrected chi connectivity index (χ0v) is 14.7. The minimum Gasteiger partial charge on any atom is -0.462 e. The highest BCUT2D eigenvalue weighted by Gasteiger charge is 2.18. The molecule has 0 fully saturated rings. The predicted octanol–water partition coefficient (Wildman–Crippen LogP) is 1.000. The van der Waals surface area contributed by atoms with Crippen molar-refractivity contribution in [3.8, 4) is 0 Å². The molecule has 0 saturated carbocycles. The second-order valence-corrected chi connectivity index (χ2v) is 5.74. The highest BCUT2D eigenvalue weighted by atomic mass is 16.5. The van der Waals surface area contributed by atoms with Crippen molar-refractivity contribution in [1.29, 1.82) is 0 Å². The zero-order valence-electron chi connectivity index (χ0n) is 14.7. The molecule has 0 atom stereocenters. The number of nitrogens with zero attached hydrogens (tertiary/aromatic N) is 5. The summed E-state index contributed by atoms with van der Waals surface area (Å²) < 4.78 is 7.44. The van der Waals surface area contributed by atoms with Gasteiger partial charge in [-0.1, -0.05) is 0 Å². The van der Waals surface area contributed by atoms with Crippen LogP contribution in [0.5, 0.6) is 0 Å². The van der Waals surface area contributed by atoms with Gasteiger partial charge in [0.15, 0.2) is 5.65 Å². The summed E-state index contributed by atoms with van der Waals surface area (Å²) in [6, 6.07) is 4.67. The van der Waals surface area contributed by atoms with E-state index in [1.165, 1.54) is 47.6 Å². The molecule has 10 heteroatoms. The van der Waals surface area contributed by atoms with Crippen LogP contribution in [0.25, 0.3) is 16.6 Å². The Morgan fingerprint density at radius 3 is 2.71 bits per heavy atom. The van der Waals surface area contributed by atoms with E-state index in [4.69, 9.17) is 4.74 Å². The third-order valence-corrected chi connectivity index (χ3v) is 4.05. The van der Waals surface area contributed by atoms with Crippen LogP contribution in [0.4, 0.5) is 0 Å². The Labute approximate surface area is 157 Å². The number of hydrogen-bond donors (Lipinski definition) is 1. The van der Waals surface area contributed by atoms with Gasteiger partial charge in [-0.3, -0.25) is 20.0 Å². The molecule has 0 aliphatic carbocycles. The van der Waals surface area contributed by atoms with E-state index < -0.39 is 17.4 Å². The van der Waals surface area contributed by atoms with Crippen LogP contribution in [-0.4, -0.2) is 42.7 Å². The Hall–Kier alpha value is -4.08. The molecule has 4 rings (SSSR count). The molecule has 0 aliphatic heterocycles. The number of carbonyl (C=O) groups excluding carboxylic acids is 2. The Bertz CT molecular complexity index is 1260. The summed E-state index contributed by atoms with van der Waals surface area (Å²) in [4.78, 5) is 45.0. The van der Waals surface area contributed by atoms with Crippen LogP contribution in [0.2, 0.25) is 0 Å². The van der Waals surface area contributed by atoms with Gasteiger partial charge in [0.25, 0.3) is 11.5 Å². The van der Waals surface area contributed by atoms with Gasteiger partial charge in [0.2, 0.25) is 0 Å². The van der Waals surface area contributed by atoms with E-state index in [1.54, 1.807) is 13.0 Å². The summed E-state index contributed by atoms with van der Waals surface area (Å²) in [5.74, 6) is -0.996. The van der Waals surface area contributed by atoms with Crippen LogP contribution in [0.1, 0.15) is 27.6 Å². The van der Waals surface area contributed by atoms with E-state index in [2.05, 4.69) is 20.5 Å². The van der Waals surface area contributed by atoms with Crippen molar-refractivity contribution in [3.63, 3.8) is 0 Å². The maximum absolute atomic E-state index is 12.7. The lowest BCUT2D eigenvalue weighted by Crippen LogP contribution is -2.33. The first-order valence-corrected chi connectivity index (χ1v) is 8.36. The van der Waals surface area contributed by atoms with Crippen LogP contribution in [-0.2, 0) is 4.74 Å². The van der Waals surface area contributed by atoms with Gasteiger partial charge in [0, 0.05) is 30.4 Å².